The number of rotatable bonds is 4. The van der Waals surface area contributed by atoms with Gasteiger partial charge in [0.15, 0.2) is 0 Å². The van der Waals surface area contributed by atoms with Crippen LogP contribution in [0.2, 0.25) is 0 Å². The van der Waals surface area contributed by atoms with Gasteiger partial charge in [-0.05, 0) is 50.7 Å². The molecule has 1 saturated heterocycles. The van der Waals surface area contributed by atoms with Crippen LogP contribution < -0.4 is 5.32 Å². The van der Waals surface area contributed by atoms with Crippen LogP contribution in [0.5, 0.6) is 0 Å². The molecule has 0 spiro atoms. The highest BCUT2D eigenvalue weighted by Gasteiger charge is 2.17. The molecule has 2 rings (SSSR count). The fourth-order valence-corrected chi connectivity index (χ4v) is 2.41. The first-order chi connectivity index (χ1) is 8.33. The smallest absolute Gasteiger partial charge is 0.0991 e. The van der Waals surface area contributed by atoms with Gasteiger partial charge < -0.3 is 10.2 Å². The van der Waals surface area contributed by atoms with Crippen LogP contribution in [0.25, 0.3) is 0 Å². The molecule has 3 heteroatoms. The van der Waals surface area contributed by atoms with Crippen LogP contribution in [0, 0.1) is 11.3 Å². The molecule has 17 heavy (non-hydrogen) atoms. The zero-order valence-corrected chi connectivity index (χ0v) is 10.3. The molecular weight excluding hydrogens is 210 g/mol. The standard InChI is InChI=1S/C14H19N3/c1-16-14(11-17-7-2-3-8-17)13-6-4-5-12(9-13)10-15/h4-6,9,14,16H,2-3,7-8,11H2,1H3/t14-/m1/s1. The number of benzene rings is 1. The van der Waals surface area contributed by atoms with Gasteiger partial charge in [0.25, 0.3) is 0 Å². The lowest BCUT2D eigenvalue weighted by Crippen LogP contribution is -2.31. The number of nitriles is 1. The summed E-state index contributed by atoms with van der Waals surface area (Å²) < 4.78 is 0. The van der Waals surface area contributed by atoms with Gasteiger partial charge in [0.05, 0.1) is 11.6 Å². The molecule has 1 heterocycles. The molecule has 0 saturated carbocycles. The van der Waals surface area contributed by atoms with E-state index in [1.54, 1.807) is 0 Å². The summed E-state index contributed by atoms with van der Waals surface area (Å²) in [6.45, 7) is 3.44. The Kier molecular flexibility index (Phi) is 4.13. The lowest BCUT2D eigenvalue weighted by atomic mass is 10.0. The van der Waals surface area contributed by atoms with E-state index in [1.807, 2.05) is 25.2 Å². The van der Waals surface area contributed by atoms with Gasteiger partial charge >= 0.3 is 0 Å². The van der Waals surface area contributed by atoms with Crippen molar-refractivity contribution in [2.75, 3.05) is 26.7 Å². The summed E-state index contributed by atoms with van der Waals surface area (Å²) in [5, 5.41) is 12.3. The number of nitrogens with one attached hydrogen (secondary N) is 1. The van der Waals surface area contributed by atoms with Crippen molar-refractivity contribution in [2.24, 2.45) is 0 Å². The van der Waals surface area contributed by atoms with E-state index < -0.39 is 0 Å². The van der Waals surface area contributed by atoms with E-state index in [1.165, 1.54) is 31.5 Å². The van der Waals surface area contributed by atoms with E-state index in [2.05, 4.69) is 22.4 Å². The van der Waals surface area contributed by atoms with Crippen molar-refractivity contribution in [2.45, 2.75) is 18.9 Å². The lowest BCUT2D eigenvalue weighted by molar-refractivity contribution is 0.299. The fourth-order valence-electron chi connectivity index (χ4n) is 2.41. The average molecular weight is 229 g/mol. The van der Waals surface area contributed by atoms with E-state index in [9.17, 15) is 0 Å². The maximum absolute atomic E-state index is 8.92. The number of hydrogen-bond acceptors (Lipinski definition) is 3. The maximum Gasteiger partial charge on any atom is 0.0991 e. The molecule has 1 aromatic rings. The van der Waals surface area contributed by atoms with Crippen molar-refractivity contribution >= 4 is 0 Å². The van der Waals surface area contributed by atoms with E-state index in [-0.39, 0.29) is 0 Å². The van der Waals surface area contributed by atoms with Crippen LogP contribution in [0.3, 0.4) is 0 Å². The van der Waals surface area contributed by atoms with E-state index in [4.69, 9.17) is 5.26 Å². The molecule has 1 aliphatic rings. The average Bonchev–Trinajstić information content (AvgIpc) is 2.89. The summed E-state index contributed by atoms with van der Waals surface area (Å²) in [4.78, 5) is 2.49. The van der Waals surface area contributed by atoms with Crippen LogP contribution in [0.15, 0.2) is 24.3 Å². The summed E-state index contributed by atoms with van der Waals surface area (Å²) in [5.41, 5.74) is 1.95. The molecule has 3 nitrogen and oxygen atoms in total. The van der Waals surface area contributed by atoms with E-state index >= 15 is 0 Å². The number of nitrogens with zero attached hydrogens (tertiary/aromatic N) is 2. The third-order valence-electron chi connectivity index (χ3n) is 3.41. The van der Waals surface area contributed by atoms with Gasteiger partial charge in [0.2, 0.25) is 0 Å². The van der Waals surface area contributed by atoms with E-state index in [0.717, 1.165) is 12.1 Å². The summed E-state index contributed by atoms with van der Waals surface area (Å²) in [6, 6.07) is 10.4. The van der Waals surface area contributed by atoms with Gasteiger partial charge in [-0.25, -0.2) is 0 Å². The Morgan fingerprint density at radius 1 is 1.41 bits per heavy atom. The number of likely N-dealkylation sites (tertiary alicyclic amines) is 1. The molecule has 1 aliphatic heterocycles. The largest absolute Gasteiger partial charge is 0.312 e. The summed E-state index contributed by atoms with van der Waals surface area (Å²) in [6.07, 6.45) is 2.63. The van der Waals surface area contributed by atoms with Crippen molar-refractivity contribution in [1.82, 2.24) is 10.2 Å². The van der Waals surface area contributed by atoms with Crippen molar-refractivity contribution in [3.05, 3.63) is 35.4 Å². The highest BCUT2D eigenvalue weighted by atomic mass is 15.2. The monoisotopic (exact) mass is 229 g/mol. The molecule has 0 radical (unpaired) electrons. The Hall–Kier alpha value is -1.37. The van der Waals surface area contributed by atoms with Crippen LogP contribution in [-0.4, -0.2) is 31.6 Å². The van der Waals surface area contributed by atoms with Crippen molar-refractivity contribution in [3.63, 3.8) is 0 Å². The zero-order valence-electron chi connectivity index (χ0n) is 10.3. The van der Waals surface area contributed by atoms with E-state index in [0.29, 0.717) is 6.04 Å². The third kappa shape index (κ3) is 3.06. The molecule has 1 aromatic carbocycles. The van der Waals surface area contributed by atoms with Crippen molar-refractivity contribution in [3.8, 4) is 6.07 Å². The van der Waals surface area contributed by atoms with Crippen molar-refractivity contribution in [1.29, 1.82) is 5.26 Å². The minimum Gasteiger partial charge on any atom is -0.312 e. The Morgan fingerprint density at radius 2 is 2.18 bits per heavy atom. The Bertz CT molecular complexity index is 402. The first-order valence-corrected chi connectivity index (χ1v) is 6.23. The quantitative estimate of drug-likeness (QED) is 0.857. The molecule has 1 N–H and O–H groups in total. The van der Waals surface area contributed by atoms with Crippen molar-refractivity contribution < 1.29 is 0 Å². The predicted octanol–water partition coefficient (Wildman–Crippen LogP) is 1.91. The van der Waals surface area contributed by atoms with Crippen LogP contribution in [0.4, 0.5) is 0 Å². The fraction of sp³-hybridized carbons (Fsp3) is 0.500. The summed E-state index contributed by atoms with van der Waals surface area (Å²) in [7, 11) is 1.99. The first-order valence-electron chi connectivity index (χ1n) is 6.23. The van der Waals surface area contributed by atoms with Gasteiger partial charge in [-0.1, -0.05) is 12.1 Å². The SMILES string of the molecule is CN[C@H](CN1CCCC1)c1cccc(C#N)c1. The lowest BCUT2D eigenvalue weighted by Gasteiger charge is -2.23. The van der Waals surface area contributed by atoms with Gasteiger partial charge in [0, 0.05) is 12.6 Å². The highest BCUT2D eigenvalue weighted by molar-refractivity contribution is 5.34. The molecule has 0 unspecified atom stereocenters. The molecule has 1 fully saturated rings. The first kappa shape index (κ1) is 12.1. The normalized spacial score (nSPS) is 17.9. The topological polar surface area (TPSA) is 39.1 Å². The highest BCUT2D eigenvalue weighted by Crippen LogP contribution is 2.18. The van der Waals surface area contributed by atoms with Crippen LogP contribution >= 0.6 is 0 Å². The molecule has 90 valence electrons. The molecule has 1 atom stereocenters. The van der Waals surface area contributed by atoms with Crippen LogP contribution in [0.1, 0.15) is 30.0 Å². The molecule has 0 aliphatic carbocycles. The Morgan fingerprint density at radius 3 is 2.82 bits per heavy atom. The minimum atomic E-state index is 0.321. The maximum atomic E-state index is 8.92. The zero-order chi connectivity index (χ0) is 12.1. The van der Waals surface area contributed by atoms with Gasteiger partial charge in [-0.15, -0.1) is 0 Å². The van der Waals surface area contributed by atoms with Gasteiger partial charge in [0.1, 0.15) is 0 Å². The second-order valence-electron chi connectivity index (χ2n) is 4.59. The predicted molar refractivity (Wildman–Crippen MR) is 68.6 cm³/mol. The van der Waals surface area contributed by atoms with Gasteiger partial charge in [-0.2, -0.15) is 5.26 Å². The third-order valence-corrected chi connectivity index (χ3v) is 3.41. The Labute approximate surface area is 103 Å². The second kappa shape index (κ2) is 5.81. The van der Waals surface area contributed by atoms with Crippen LogP contribution in [-0.2, 0) is 0 Å². The summed E-state index contributed by atoms with van der Waals surface area (Å²) in [5.74, 6) is 0. The number of likely N-dealkylation sites (N-methyl/N-ethyl adjacent to an activating group) is 1. The minimum absolute atomic E-state index is 0.321. The van der Waals surface area contributed by atoms with Gasteiger partial charge in [-0.3, -0.25) is 0 Å². The Balaban J connectivity index is 2.08. The summed E-state index contributed by atoms with van der Waals surface area (Å²) >= 11 is 0. The second-order valence-corrected chi connectivity index (χ2v) is 4.59. The molecule has 0 bridgehead atoms. The molecule has 0 aromatic heterocycles. The molecule has 0 amide bonds. The number of hydrogen-bond donors (Lipinski definition) is 1. The molecular formula is C14H19N3.